The SMILES string of the molecule is C1=CC2C3CCC4C5CCC6C7CCC8C9C=CC%10C1C1C%11=C%12C%13C(C21)C3C4C1C5C6C2C7C8C(C%12C2C%131)C9C%11%10.CC. The van der Waals surface area contributed by atoms with E-state index in [1.807, 2.05) is 13.8 Å². The Balaban J connectivity index is 0.000000963. The van der Waals surface area contributed by atoms with Crippen LogP contribution in [0.4, 0.5) is 0 Å². The molecule has 0 spiro atoms. The van der Waals surface area contributed by atoms with Crippen molar-refractivity contribution in [3.63, 3.8) is 0 Å². The third-order valence-electron chi connectivity index (χ3n) is 21.3. The lowest BCUT2D eigenvalue weighted by atomic mass is 9.43. The Morgan fingerprint density at radius 2 is 0.619 bits per heavy atom. The third-order valence-corrected chi connectivity index (χ3v) is 21.3. The van der Waals surface area contributed by atoms with Crippen LogP contribution in [0.1, 0.15) is 52.4 Å². The summed E-state index contributed by atoms with van der Waals surface area (Å²) in [5.74, 6) is 31.3. The maximum absolute atomic E-state index is 2.96. The highest BCUT2D eigenvalue weighted by Gasteiger charge is 2.86. The first-order valence-electron chi connectivity index (χ1n) is 20.0. The second-order valence-electron chi connectivity index (χ2n) is 19.9. The molecule has 0 aliphatic heterocycles. The van der Waals surface area contributed by atoms with Gasteiger partial charge < -0.3 is 0 Å². The molecule has 28 atom stereocenters. The normalized spacial score (nSPS) is 78.8. The van der Waals surface area contributed by atoms with E-state index in [9.17, 15) is 0 Å². The third kappa shape index (κ3) is 1.69. The lowest BCUT2D eigenvalue weighted by Gasteiger charge is -2.61. The molecule has 0 aromatic rings. The number of hydrogen-bond acceptors (Lipinski definition) is 0. The van der Waals surface area contributed by atoms with Crippen molar-refractivity contribution in [2.45, 2.75) is 52.4 Å². The van der Waals surface area contributed by atoms with Crippen molar-refractivity contribution in [2.24, 2.45) is 166 Å². The largest absolute Gasteiger partial charge is 0.0845 e. The monoisotopic (exact) mass is 554 g/mol. The number of allylic oxidation sites excluding steroid dienone is 6. The second-order valence-corrected chi connectivity index (χ2v) is 19.9. The maximum Gasteiger partial charge on any atom is -0.00913 e. The van der Waals surface area contributed by atoms with Gasteiger partial charge in [0, 0.05) is 0 Å². The average molecular weight is 555 g/mol. The first-order chi connectivity index (χ1) is 20.9. The van der Waals surface area contributed by atoms with Crippen molar-refractivity contribution in [2.75, 3.05) is 0 Å². The summed E-state index contributed by atoms with van der Waals surface area (Å²) >= 11 is 0. The van der Waals surface area contributed by atoms with Crippen LogP contribution in [-0.4, -0.2) is 0 Å². The average Bonchev–Trinajstić information content (AvgIpc) is 3.85. The summed E-state index contributed by atoms with van der Waals surface area (Å²) in [6.07, 6.45) is 21.8. The summed E-state index contributed by atoms with van der Waals surface area (Å²) in [7, 11) is 0. The Labute approximate surface area is 253 Å². The first-order valence-corrected chi connectivity index (χ1v) is 20.0. The maximum atomic E-state index is 2.96. The van der Waals surface area contributed by atoms with Gasteiger partial charge in [0.1, 0.15) is 0 Å². The van der Waals surface area contributed by atoms with Gasteiger partial charge in [-0.15, -0.1) is 0 Å². The van der Waals surface area contributed by atoms with Crippen LogP contribution in [0.3, 0.4) is 0 Å². The molecular weight excluding hydrogens is 504 g/mol. The van der Waals surface area contributed by atoms with Crippen LogP contribution in [0, 0.1) is 166 Å². The number of hydrogen-bond donors (Lipinski definition) is 0. The summed E-state index contributed by atoms with van der Waals surface area (Å²) in [4.78, 5) is 0. The van der Waals surface area contributed by atoms with Gasteiger partial charge in [-0.2, -0.15) is 0 Å². The lowest BCUT2D eigenvalue weighted by molar-refractivity contribution is -0.146. The van der Waals surface area contributed by atoms with E-state index in [0.717, 1.165) is 94.7 Å². The highest BCUT2D eigenvalue weighted by molar-refractivity contribution is 5.51. The summed E-state index contributed by atoms with van der Waals surface area (Å²) in [6.45, 7) is 4.00. The van der Waals surface area contributed by atoms with E-state index in [0.29, 0.717) is 0 Å². The van der Waals surface area contributed by atoms with E-state index in [1.165, 1.54) is 71.0 Å². The van der Waals surface area contributed by atoms with Gasteiger partial charge >= 0.3 is 0 Å². The zero-order chi connectivity index (χ0) is 26.4. The molecule has 0 amide bonds. The Kier molecular flexibility index (Phi) is 3.27. The molecule has 218 valence electrons. The zero-order valence-electron chi connectivity index (χ0n) is 25.7. The molecule has 42 heavy (non-hydrogen) atoms. The molecule has 0 saturated heterocycles. The van der Waals surface area contributed by atoms with Gasteiger partial charge in [-0.3, -0.25) is 0 Å². The van der Waals surface area contributed by atoms with Crippen molar-refractivity contribution in [3.8, 4) is 0 Å². The Morgan fingerprint density at radius 3 is 1.05 bits per heavy atom. The summed E-state index contributed by atoms with van der Waals surface area (Å²) < 4.78 is 0. The fourth-order valence-electron chi connectivity index (χ4n) is 22.6. The fourth-order valence-corrected chi connectivity index (χ4v) is 22.6. The summed E-state index contributed by atoms with van der Waals surface area (Å²) in [5, 5.41) is 0. The van der Waals surface area contributed by atoms with Crippen LogP contribution in [0.15, 0.2) is 35.5 Å². The van der Waals surface area contributed by atoms with Crippen molar-refractivity contribution in [1.29, 1.82) is 0 Å². The van der Waals surface area contributed by atoms with E-state index >= 15 is 0 Å². The van der Waals surface area contributed by atoms with E-state index in [-0.39, 0.29) is 0 Å². The predicted octanol–water partition coefficient (Wildman–Crippen LogP) is 8.23. The quantitative estimate of drug-likeness (QED) is 0.265. The van der Waals surface area contributed by atoms with E-state index in [1.54, 1.807) is 38.5 Å². The molecule has 12 fully saturated rings. The standard InChI is InChI=1S/C40H44.C2H6/c1-2-12-14-5-6-16-18-9-10-20-19-8-7-17-15-4-3-13-11(1)21-22(12)32-24(14)26(16)34-29(18)30(20)35-28(19)27(17)33-25(15)23(13)31(21)36-37(32)39(34)40(35)38(33)36;1-2/h1-4,11-30,32-35,37-40H,5-10H2;1-2H3. The Hall–Kier alpha value is -0.780. The van der Waals surface area contributed by atoms with E-state index in [4.69, 9.17) is 0 Å². The van der Waals surface area contributed by atoms with Crippen LogP contribution >= 0.6 is 0 Å². The van der Waals surface area contributed by atoms with Gasteiger partial charge in [0.15, 0.2) is 0 Å². The summed E-state index contributed by atoms with van der Waals surface area (Å²) in [6, 6.07) is 0. The van der Waals surface area contributed by atoms with Crippen molar-refractivity contribution in [3.05, 3.63) is 35.5 Å². The minimum absolute atomic E-state index is 0.901. The molecule has 0 radical (unpaired) electrons. The first kappa shape index (κ1) is 21.9. The molecule has 0 aromatic heterocycles. The molecule has 0 N–H and O–H groups in total. The molecular formula is C42H50. The zero-order valence-corrected chi connectivity index (χ0v) is 25.7. The molecule has 16 aliphatic carbocycles. The molecule has 0 aromatic carbocycles. The van der Waals surface area contributed by atoms with Crippen molar-refractivity contribution < 1.29 is 0 Å². The molecule has 12 saturated carbocycles. The topological polar surface area (TPSA) is 0 Å². The molecule has 16 aliphatic rings. The Bertz CT molecular complexity index is 1380. The van der Waals surface area contributed by atoms with Gasteiger partial charge in [0.05, 0.1) is 0 Å². The Morgan fingerprint density at radius 1 is 0.310 bits per heavy atom. The molecule has 16 rings (SSSR count). The second kappa shape index (κ2) is 6.28. The van der Waals surface area contributed by atoms with E-state index in [2.05, 4.69) is 35.5 Å². The molecule has 0 heteroatoms. The van der Waals surface area contributed by atoms with Crippen LogP contribution in [0.5, 0.6) is 0 Å². The minimum Gasteiger partial charge on any atom is -0.0845 e. The van der Waals surface area contributed by atoms with Gasteiger partial charge in [-0.25, -0.2) is 0 Å². The van der Waals surface area contributed by atoms with Gasteiger partial charge in [-0.1, -0.05) is 49.3 Å². The number of fused-ring (bicyclic) bond motifs is 5. The minimum atomic E-state index is 0.901. The lowest BCUT2D eigenvalue weighted by Crippen LogP contribution is -2.58. The smallest absolute Gasteiger partial charge is 0.00913 e. The fraction of sp³-hybridized carbons (Fsp3) is 0.857. The van der Waals surface area contributed by atoms with Crippen molar-refractivity contribution >= 4 is 0 Å². The van der Waals surface area contributed by atoms with Crippen LogP contribution in [-0.2, 0) is 0 Å². The van der Waals surface area contributed by atoms with Crippen LogP contribution in [0.25, 0.3) is 0 Å². The summed E-state index contributed by atoms with van der Waals surface area (Å²) in [5.41, 5.74) is 4.62. The van der Waals surface area contributed by atoms with Crippen LogP contribution in [0.2, 0.25) is 0 Å². The van der Waals surface area contributed by atoms with Gasteiger partial charge in [0.25, 0.3) is 0 Å². The molecule has 0 nitrogen and oxygen atoms in total. The molecule has 28 unspecified atom stereocenters. The molecule has 0 bridgehead atoms. The van der Waals surface area contributed by atoms with E-state index < -0.39 is 0 Å². The molecule has 0 heterocycles. The highest BCUT2D eigenvalue weighted by atomic mass is 14.9. The van der Waals surface area contributed by atoms with Crippen molar-refractivity contribution in [1.82, 2.24) is 0 Å². The van der Waals surface area contributed by atoms with Crippen LogP contribution < -0.4 is 0 Å². The van der Waals surface area contributed by atoms with Gasteiger partial charge in [-0.05, 0) is 204 Å². The highest BCUT2D eigenvalue weighted by Crippen LogP contribution is 2.91. The predicted molar refractivity (Wildman–Crippen MR) is 162 cm³/mol. The van der Waals surface area contributed by atoms with Gasteiger partial charge in [0.2, 0.25) is 0 Å². The number of rotatable bonds is 0.